The zero-order valence-electron chi connectivity index (χ0n) is 9.76. The number of carbonyl (C=O) groups is 1. The Balaban J connectivity index is 2.89. The number of rotatable bonds is 2. The van der Waals surface area contributed by atoms with E-state index in [9.17, 15) is 9.90 Å². The Morgan fingerprint density at radius 3 is 2.53 bits per heavy atom. The molecule has 0 heterocycles. The Labute approximate surface area is 105 Å². The summed E-state index contributed by atoms with van der Waals surface area (Å²) in [6, 6.07) is 4.25. The lowest BCUT2D eigenvalue weighted by atomic mass is 10.2. The molecule has 0 aliphatic carbocycles. The number of ether oxygens (including phenoxy) is 2. The van der Waals surface area contributed by atoms with E-state index in [2.05, 4.69) is 4.74 Å². The van der Waals surface area contributed by atoms with Crippen molar-refractivity contribution in [3.8, 4) is 11.5 Å². The van der Waals surface area contributed by atoms with Crippen LogP contribution in [0.15, 0.2) is 18.2 Å². The van der Waals surface area contributed by atoms with Crippen molar-refractivity contribution in [3.63, 3.8) is 0 Å². The minimum Gasteiger partial charge on any atom is -0.507 e. The van der Waals surface area contributed by atoms with Crippen LogP contribution < -0.4 is 4.74 Å². The highest BCUT2D eigenvalue weighted by Crippen LogP contribution is 2.24. The van der Waals surface area contributed by atoms with Gasteiger partial charge in [0.1, 0.15) is 17.1 Å². The van der Waals surface area contributed by atoms with Crippen LogP contribution in [0.2, 0.25) is 0 Å². The maximum absolute atomic E-state index is 11.2. The number of nitrogens with zero attached hydrogens (tertiary/aromatic N) is 1. The summed E-state index contributed by atoms with van der Waals surface area (Å²) in [6.07, 6.45) is 0. The largest absolute Gasteiger partial charge is 0.507 e. The van der Waals surface area contributed by atoms with Crippen LogP contribution in [0.1, 0.15) is 10.4 Å². The van der Waals surface area contributed by atoms with Gasteiger partial charge in [-0.3, -0.25) is 0 Å². The predicted octanol–water partition coefficient (Wildman–Crippen LogP) is 1.40. The fraction of sp³-hybridized carbons (Fsp3) is 0.273. The molecule has 0 amide bonds. The minimum atomic E-state index is -0.607. The fourth-order valence-electron chi connectivity index (χ4n) is 1.05. The summed E-state index contributed by atoms with van der Waals surface area (Å²) in [4.78, 5) is 12.8. The predicted molar refractivity (Wildman–Crippen MR) is 66.4 cm³/mol. The van der Waals surface area contributed by atoms with E-state index in [0.29, 0.717) is 5.75 Å². The number of aromatic hydroxyl groups is 1. The molecule has 0 aliphatic rings. The van der Waals surface area contributed by atoms with Gasteiger partial charge in [0.15, 0.2) is 0 Å². The molecule has 0 atom stereocenters. The van der Waals surface area contributed by atoms with Crippen LogP contribution in [0.5, 0.6) is 11.5 Å². The lowest BCUT2D eigenvalue weighted by Crippen LogP contribution is -2.24. The first-order chi connectivity index (χ1) is 7.95. The normalized spacial score (nSPS) is 9.59. The second-order valence-corrected chi connectivity index (χ2v) is 3.78. The molecule has 0 bridgehead atoms. The van der Waals surface area contributed by atoms with Gasteiger partial charge < -0.3 is 19.5 Å². The average molecular weight is 255 g/mol. The van der Waals surface area contributed by atoms with E-state index in [4.69, 9.17) is 17.0 Å². The summed E-state index contributed by atoms with van der Waals surface area (Å²) in [5, 5.41) is 9.87. The number of phenols is 1. The standard InChI is InChI=1S/C11H13NO4S/c1-12(2)11(17)16-7-4-5-8(9(13)6-7)10(14)15-3/h4-6,13H,1-3H3. The van der Waals surface area contributed by atoms with E-state index in [1.54, 1.807) is 19.0 Å². The zero-order chi connectivity index (χ0) is 13.0. The molecule has 0 aliphatic heterocycles. The second-order valence-electron chi connectivity index (χ2n) is 3.43. The zero-order valence-corrected chi connectivity index (χ0v) is 10.6. The first-order valence-corrected chi connectivity index (χ1v) is 5.17. The van der Waals surface area contributed by atoms with Gasteiger partial charge >= 0.3 is 5.97 Å². The van der Waals surface area contributed by atoms with Gasteiger partial charge in [0, 0.05) is 20.2 Å². The van der Waals surface area contributed by atoms with Crippen molar-refractivity contribution < 1.29 is 19.4 Å². The van der Waals surface area contributed by atoms with Gasteiger partial charge in [-0.2, -0.15) is 0 Å². The first kappa shape index (κ1) is 13.2. The maximum atomic E-state index is 11.2. The van der Waals surface area contributed by atoms with Crippen LogP contribution in [-0.4, -0.2) is 42.4 Å². The Morgan fingerprint density at radius 1 is 1.41 bits per heavy atom. The van der Waals surface area contributed by atoms with Crippen LogP contribution in [-0.2, 0) is 4.74 Å². The number of carbonyl (C=O) groups excluding carboxylic acids is 1. The quantitative estimate of drug-likeness (QED) is 0.637. The smallest absolute Gasteiger partial charge is 0.341 e. The Morgan fingerprint density at radius 2 is 2.06 bits per heavy atom. The molecule has 0 radical (unpaired) electrons. The minimum absolute atomic E-state index is 0.0793. The van der Waals surface area contributed by atoms with Gasteiger partial charge in [0.2, 0.25) is 0 Å². The highest BCUT2D eigenvalue weighted by atomic mass is 32.1. The van der Waals surface area contributed by atoms with Crippen LogP contribution in [0.3, 0.4) is 0 Å². The molecule has 92 valence electrons. The van der Waals surface area contributed by atoms with E-state index >= 15 is 0 Å². The van der Waals surface area contributed by atoms with E-state index < -0.39 is 5.97 Å². The highest BCUT2D eigenvalue weighted by Gasteiger charge is 2.13. The van der Waals surface area contributed by atoms with Gasteiger partial charge in [0.05, 0.1) is 7.11 Å². The molecule has 0 unspecified atom stereocenters. The molecule has 0 spiro atoms. The number of hydrogen-bond donors (Lipinski definition) is 1. The fourth-order valence-corrected chi connectivity index (χ4v) is 1.15. The highest BCUT2D eigenvalue weighted by molar-refractivity contribution is 7.80. The number of esters is 1. The number of benzene rings is 1. The molecule has 1 aromatic carbocycles. The van der Waals surface area contributed by atoms with Crippen molar-refractivity contribution in [2.45, 2.75) is 0 Å². The molecule has 6 heteroatoms. The van der Waals surface area contributed by atoms with Crippen LogP contribution in [0, 0.1) is 0 Å². The molecular weight excluding hydrogens is 242 g/mol. The van der Waals surface area contributed by atoms with Crippen LogP contribution in [0.4, 0.5) is 0 Å². The van der Waals surface area contributed by atoms with Gasteiger partial charge in [-0.25, -0.2) is 4.79 Å². The Kier molecular flexibility index (Phi) is 4.28. The van der Waals surface area contributed by atoms with Crippen molar-refractivity contribution in [2.24, 2.45) is 0 Å². The van der Waals surface area contributed by atoms with E-state index in [1.807, 2.05) is 0 Å². The van der Waals surface area contributed by atoms with Crippen LogP contribution >= 0.6 is 12.2 Å². The third-order valence-electron chi connectivity index (χ3n) is 1.94. The average Bonchev–Trinajstić information content (AvgIpc) is 2.28. The second kappa shape index (κ2) is 5.49. The van der Waals surface area contributed by atoms with E-state index in [-0.39, 0.29) is 16.5 Å². The number of phenolic OH excluding ortho intramolecular Hbond substituents is 1. The molecule has 1 rings (SSSR count). The molecule has 1 aromatic rings. The van der Waals surface area contributed by atoms with Gasteiger partial charge in [0.25, 0.3) is 5.17 Å². The lowest BCUT2D eigenvalue weighted by molar-refractivity contribution is 0.0597. The molecule has 0 saturated heterocycles. The first-order valence-electron chi connectivity index (χ1n) is 4.76. The summed E-state index contributed by atoms with van der Waals surface area (Å²) < 4.78 is 9.77. The third-order valence-corrected chi connectivity index (χ3v) is 2.39. The summed E-state index contributed by atoms with van der Waals surface area (Å²) >= 11 is 4.94. The summed E-state index contributed by atoms with van der Waals surface area (Å²) in [7, 11) is 4.73. The molecule has 1 N–H and O–H groups in total. The summed E-state index contributed by atoms with van der Waals surface area (Å²) in [5.41, 5.74) is 0.0793. The van der Waals surface area contributed by atoms with Crippen molar-refractivity contribution in [3.05, 3.63) is 23.8 Å². The SMILES string of the molecule is COC(=O)c1ccc(OC(=S)N(C)C)cc1O. The monoisotopic (exact) mass is 255 g/mol. The number of hydrogen-bond acceptors (Lipinski definition) is 5. The lowest BCUT2D eigenvalue weighted by Gasteiger charge is -2.14. The van der Waals surface area contributed by atoms with Crippen molar-refractivity contribution in [2.75, 3.05) is 21.2 Å². The molecule has 0 fully saturated rings. The topological polar surface area (TPSA) is 59.0 Å². The van der Waals surface area contributed by atoms with Gasteiger partial charge in [-0.05, 0) is 24.4 Å². The Bertz CT molecular complexity index is 445. The molecule has 0 aromatic heterocycles. The Hall–Kier alpha value is -1.82. The molecular formula is C11H13NO4S. The van der Waals surface area contributed by atoms with Gasteiger partial charge in [-0.15, -0.1) is 0 Å². The number of methoxy groups -OCH3 is 1. The molecule has 5 nitrogen and oxygen atoms in total. The van der Waals surface area contributed by atoms with E-state index in [0.717, 1.165) is 0 Å². The molecule has 17 heavy (non-hydrogen) atoms. The third kappa shape index (κ3) is 3.32. The van der Waals surface area contributed by atoms with E-state index in [1.165, 1.54) is 25.3 Å². The summed E-state index contributed by atoms with van der Waals surface area (Å²) in [6.45, 7) is 0. The maximum Gasteiger partial charge on any atom is 0.341 e. The summed E-state index contributed by atoms with van der Waals surface area (Å²) in [5.74, 6) is -0.464. The molecule has 0 saturated carbocycles. The number of thiocarbonyl (C=S) groups is 1. The van der Waals surface area contributed by atoms with Crippen molar-refractivity contribution >= 4 is 23.4 Å². The van der Waals surface area contributed by atoms with Crippen molar-refractivity contribution in [1.82, 2.24) is 4.90 Å². The van der Waals surface area contributed by atoms with Crippen LogP contribution in [0.25, 0.3) is 0 Å². The van der Waals surface area contributed by atoms with Crippen molar-refractivity contribution in [1.29, 1.82) is 0 Å². The van der Waals surface area contributed by atoms with Gasteiger partial charge in [-0.1, -0.05) is 0 Å².